The summed E-state index contributed by atoms with van der Waals surface area (Å²) in [6.45, 7) is 3.72. The van der Waals surface area contributed by atoms with Crippen LogP contribution in [0.4, 0.5) is 15.8 Å². The maximum absolute atomic E-state index is 14.3. The Bertz CT molecular complexity index is 991. The summed E-state index contributed by atoms with van der Waals surface area (Å²) in [6, 6.07) is 12.0. The van der Waals surface area contributed by atoms with Gasteiger partial charge in [-0.3, -0.25) is 4.79 Å². The van der Waals surface area contributed by atoms with Crippen molar-refractivity contribution in [1.82, 2.24) is 5.16 Å². The minimum Gasteiger partial charge on any atom is -0.372 e. The Kier molecular flexibility index (Phi) is 5.05. The summed E-state index contributed by atoms with van der Waals surface area (Å²) in [5.74, 6) is -0.702. The lowest BCUT2D eigenvalue weighted by Gasteiger charge is -2.17. The van der Waals surface area contributed by atoms with Crippen LogP contribution in [0.15, 0.2) is 47.0 Å². The predicted octanol–water partition coefficient (Wildman–Crippen LogP) is 5.30. The molecular formula is C21H19ClFN3O2. The van der Waals surface area contributed by atoms with E-state index in [2.05, 4.69) is 15.4 Å². The zero-order valence-corrected chi connectivity index (χ0v) is 16.1. The van der Waals surface area contributed by atoms with Crippen molar-refractivity contribution in [2.75, 3.05) is 23.3 Å². The van der Waals surface area contributed by atoms with Crippen LogP contribution in [-0.4, -0.2) is 24.2 Å². The van der Waals surface area contributed by atoms with Crippen molar-refractivity contribution in [3.8, 4) is 11.3 Å². The summed E-state index contributed by atoms with van der Waals surface area (Å²) < 4.78 is 19.5. The van der Waals surface area contributed by atoms with Gasteiger partial charge < -0.3 is 14.7 Å². The van der Waals surface area contributed by atoms with E-state index < -0.39 is 11.7 Å². The third-order valence-corrected chi connectivity index (χ3v) is 5.20. The number of nitrogens with one attached hydrogen (secondary N) is 1. The second-order valence-electron chi connectivity index (χ2n) is 6.75. The van der Waals surface area contributed by atoms with E-state index in [0.717, 1.165) is 18.8 Å². The fraction of sp³-hybridized carbons (Fsp3) is 0.238. The number of halogens is 2. The van der Waals surface area contributed by atoms with Crippen LogP contribution in [0.1, 0.15) is 29.0 Å². The van der Waals surface area contributed by atoms with Crippen LogP contribution in [0, 0.1) is 12.7 Å². The molecule has 0 atom stereocenters. The Morgan fingerprint density at radius 2 is 1.89 bits per heavy atom. The summed E-state index contributed by atoms with van der Waals surface area (Å²) in [6.07, 6.45) is 2.40. The number of carbonyl (C=O) groups is 1. The third kappa shape index (κ3) is 3.47. The minimum absolute atomic E-state index is 0.0514. The summed E-state index contributed by atoms with van der Waals surface area (Å²) >= 11 is 6.13. The summed E-state index contributed by atoms with van der Waals surface area (Å²) in [7, 11) is 0. The number of hydrogen-bond donors (Lipinski definition) is 1. The Labute approximate surface area is 167 Å². The molecule has 0 aliphatic carbocycles. The number of nitrogens with zero attached hydrogens (tertiary/aromatic N) is 2. The number of amides is 1. The number of benzene rings is 2. The van der Waals surface area contributed by atoms with Gasteiger partial charge in [0.1, 0.15) is 22.8 Å². The molecule has 0 bridgehead atoms. The standard InChI is InChI=1S/C21H19ClFN3O2/c1-13-18(20(25-28-13)19-16(22)5-4-6-17(19)23)21(27)24-14-7-9-15(10-8-14)26-11-2-3-12-26/h4-10H,2-3,11-12H2,1H3,(H,24,27). The van der Waals surface area contributed by atoms with Gasteiger partial charge in [-0.05, 0) is 56.2 Å². The Hall–Kier alpha value is -2.86. The van der Waals surface area contributed by atoms with Gasteiger partial charge in [-0.2, -0.15) is 0 Å². The quantitative estimate of drug-likeness (QED) is 0.647. The van der Waals surface area contributed by atoms with Crippen LogP contribution >= 0.6 is 11.6 Å². The summed E-state index contributed by atoms with van der Waals surface area (Å²) in [5, 5.41) is 6.86. The van der Waals surface area contributed by atoms with Crippen LogP contribution in [0.2, 0.25) is 5.02 Å². The largest absolute Gasteiger partial charge is 0.372 e. The molecule has 1 aromatic heterocycles. The van der Waals surface area contributed by atoms with Crippen molar-refractivity contribution >= 4 is 28.9 Å². The van der Waals surface area contributed by atoms with Crippen LogP contribution in [-0.2, 0) is 0 Å². The summed E-state index contributed by atoms with van der Waals surface area (Å²) in [4.78, 5) is 15.2. The molecule has 1 amide bonds. The van der Waals surface area contributed by atoms with Gasteiger partial charge in [0, 0.05) is 24.5 Å². The molecule has 1 saturated heterocycles. The van der Waals surface area contributed by atoms with Gasteiger partial charge in [0.05, 0.1) is 10.6 Å². The van der Waals surface area contributed by atoms with E-state index in [1.54, 1.807) is 13.0 Å². The molecule has 1 aliphatic heterocycles. The smallest absolute Gasteiger partial charge is 0.261 e. The number of carbonyl (C=O) groups excluding carboxylic acids is 1. The predicted molar refractivity (Wildman–Crippen MR) is 107 cm³/mol. The normalized spacial score (nSPS) is 13.8. The van der Waals surface area contributed by atoms with Gasteiger partial charge in [-0.1, -0.05) is 22.8 Å². The van der Waals surface area contributed by atoms with Crippen LogP contribution in [0.25, 0.3) is 11.3 Å². The average molecular weight is 400 g/mol. The molecule has 0 spiro atoms. The minimum atomic E-state index is -0.565. The molecule has 7 heteroatoms. The molecule has 3 aromatic rings. The maximum Gasteiger partial charge on any atom is 0.261 e. The summed E-state index contributed by atoms with van der Waals surface area (Å²) in [5.41, 5.74) is 2.08. The van der Waals surface area contributed by atoms with Crippen molar-refractivity contribution < 1.29 is 13.7 Å². The van der Waals surface area contributed by atoms with Gasteiger partial charge in [0.15, 0.2) is 0 Å². The number of hydrogen-bond acceptors (Lipinski definition) is 4. The van der Waals surface area contributed by atoms with E-state index in [1.807, 2.05) is 24.3 Å². The Morgan fingerprint density at radius 1 is 1.18 bits per heavy atom. The van der Waals surface area contributed by atoms with Gasteiger partial charge >= 0.3 is 0 Å². The first-order chi connectivity index (χ1) is 13.5. The van der Waals surface area contributed by atoms with E-state index in [-0.39, 0.29) is 21.8 Å². The van der Waals surface area contributed by atoms with Crippen molar-refractivity contribution in [3.63, 3.8) is 0 Å². The fourth-order valence-corrected chi connectivity index (χ4v) is 3.71. The highest BCUT2D eigenvalue weighted by Gasteiger charge is 2.25. The first kappa shape index (κ1) is 18.5. The number of aryl methyl sites for hydroxylation is 1. The lowest BCUT2D eigenvalue weighted by molar-refractivity contribution is 0.102. The van der Waals surface area contributed by atoms with Gasteiger partial charge in [0.25, 0.3) is 5.91 Å². The van der Waals surface area contributed by atoms with Crippen LogP contribution in [0.5, 0.6) is 0 Å². The Balaban J connectivity index is 1.60. The van der Waals surface area contributed by atoms with Crippen molar-refractivity contribution in [1.29, 1.82) is 0 Å². The van der Waals surface area contributed by atoms with Crippen molar-refractivity contribution in [2.45, 2.75) is 19.8 Å². The third-order valence-electron chi connectivity index (χ3n) is 4.89. The van der Waals surface area contributed by atoms with Crippen LogP contribution in [0.3, 0.4) is 0 Å². The SMILES string of the molecule is Cc1onc(-c2c(F)cccc2Cl)c1C(=O)Nc1ccc(N2CCCC2)cc1. The highest BCUT2D eigenvalue weighted by molar-refractivity contribution is 6.33. The monoisotopic (exact) mass is 399 g/mol. The zero-order chi connectivity index (χ0) is 19.7. The second-order valence-corrected chi connectivity index (χ2v) is 7.16. The molecule has 2 aromatic carbocycles. The first-order valence-electron chi connectivity index (χ1n) is 9.11. The maximum atomic E-state index is 14.3. The van der Waals surface area contributed by atoms with Crippen LogP contribution < -0.4 is 10.2 Å². The number of rotatable bonds is 4. The molecule has 1 aliphatic rings. The van der Waals surface area contributed by atoms with Crippen molar-refractivity contribution in [2.24, 2.45) is 0 Å². The molecule has 4 rings (SSSR count). The Morgan fingerprint density at radius 3 is 2.57 bits per heavy atom. The molecule has 5 nitrogen and oxygen atoms in total. The molecule has 0 unspecified atom stereocenters. The molecule has 144 valence electrons. The lowest BCUT2D eigenvalue weighted by Crippen LogP contribution is -2.17. The van der Waals surface area contributed by atoms with Gasteiger partial charge in [0.2, 0.25) is 0 Å². The number of aromatic nitrogens is 1. The van der Waals surface area contributed by atoms with E-state index in [1.165, 1.54) is 25.0 Å². The number of anilines is 2. The second kappa shape index (κ2) is 7.64. The van der Waals surface area contributed by atoms with E-state index in [0.29, 0.717) is 11.4 Å². The topological polar surface area (TPSA) is 58.4 Å². The highest BCUT2D eigenvalue weighted by atomic mass is 35.5. The molecule has 1 N–H and O–H groups in total. The van der Waals surface area contributed by atoms with E-state index >= 15 is 0 Å². The molecular weight excluding hydrogens is 381 g/mol. The van der Waals surface area contributed by atoms with Gasteiger partial charge in [-0.15, -0.1) is 0 Å². The van der Waals surface area contributed by atoms with Gasteiger partial charge in [-0.25, -0.2) is 4.39 Å². The zero-order valence-electron chi connectivity index (χ0n) is 15.3. The first-order valence-corrected chi connectivity index (χ1v) is 9.49. The molecule has 1 fully saturated rings. The highest BCUT2D eigenvalue weighted by Crippen LogP contribution is 2.34. The molecule has 0 saturated carbocycles. The molecule has 0 radical (unpaired) electrons. The average Bonchev–Trinajstić information content (AvgIpc) is 3.33. The van der Waals surface area contributed by atoms with E-state index in [9.17, 15) is 9.18 Å². The van der Waals surface area contributed by atoms with E-state index in [4.69, 9.17) is 16.1 Å². The van der Waals surface area contributed by atoms with Crippen molar-refractivity contribution in [3.05, 3.63) is 64.6 Å². The molecule has 2 heterocycles. The molecule has 28 heavy (non-hydrogen) atoms. The lowest BCUT2D eigenvalue weighted by atomic mass is 10.0. The fourth-order valence-electron chi connectivity index (χ4n) is 3.46.